The van der Waals surface area contributed by atoms with E-state index in [9.17, 15) is 0 Å². The summed E-state index contributed by atoms with van der Waals surface area (Å²) >= 11 is 0. The molecule has 0 aliphatic carbocycles. The molecule has 14 rings (SSSR count). The highest BCUT2D eigenvalue weighted by atomic mass is 16.3. The third-order valence-electron chi connectivity index (χ3n) is 14.2. The Morgan fingerprint density at radius 2 is 0.736 bits per heavy atom. The quantitative estimate of drug-likeness (QED) is 0.135. The van der Waals surface area contributed by atoms with Crippen LogP contribution in [0.5, 0.6) is 0 Å². The van der Waals surface area contributed by atoms with Crippen LogP contribution >= 0.6 is 0 Å². The van der Waals surface area contributed by atoms with Gasteiger partial charge in [0.25, 0.3) is 0 Å². The van der Waals surface area contributed by atoms with E-state index in [2.05, 4.69) is 265 Å². The first-order valence-corrected chi connectivity index (χ1v) is 24.5. The van der Waals surface area contributed by atoms with Crippen molar-refractivity contribution >= 4 is 99.5 Å². The van der Waals surface area contributed by atoms with Gasteiger partial charge in [-0.05, 0) is 111 Å². The van der Waals surface area contributed by atoms with Crippen LogP contribution in [0.1, 0.15) is 0 Å². The Hall–Kier alpha value is -9.64. The molecule has 4 nitrogen and oxygen atoms in total. The average Bonchev–Trinajstić information content (AvgIpc) is 4.04. The molecule has 0 unspecified atom stereocenters. The van der Waals surface area contributed by atoms with Gasteiger partial charge in [-0.1, -0.05) is 188 Å². The highest BCUT2D eigenvalue weighted by Crippen LogP contribution is 2.49. The summed E-state index contributed by atoms with van der Waals surface area (Å²) in [4.78, 5) is 4.68. The van der Waals surface area contributed by atoms with Crippen molar-refractivity contribution in [3.8, 4) is 33.4 Å². The summed E-state index contributed by atoms with van der Waals surface area (Å²) in [5.74, 6) is 0. The van der Waals surface area contributed by atoms with Gasteiger partial charge in [0, 0.05) is 55.5 Å². The zero-order chi connectivity index (χ0) is 47.5. The normalized spacial score (nSPS) is 11.6. The van der Waals surface area contributed by atoms with Crippen LogP contribution in [-0.2, 0) is 0 Å². The molecule has 0 N–H and O–H groups in total. The van der Waals surface area contributed by atoms with Crippen LogP contribution in [0.4, 0.5) is 34.1 Å². The van der Waals surface area contributed by atoms with Crippen molar-refractivity contribution in [2.24, 2.45) is 0 Å². The predicted molar refractivity (Wildman–Crippen MR) is 302 cm³/mol. The molecule has 0 bridgehead atoms. The first-order valence-electron chi connectivity index (χ1n) is 24.5. The van der Waals surface area contributed by atoms with Crippen LogP contribution in [0.25, 0.3) is 98.8 Å². The largest absolute Gasteiger partial charge is 0.455 e. The average molecular weight is 921 g/mol. The van der Waals surface area contributed by atoms with Gasteiger partial charge >= 0.3 is 0 Å². The molecular formula is C68H44N2O2. The monoisotopic (exact) mass is 920 g/mol. The van der Waals surface area contributed by atoms with Crippen molar-refractivity contribution in [2.45, 2.75) is 0 Å². The summed E-state index contributed by atoms with van der Waals surface area (Å²) in [6.45, 7) is 0. The minimum atomic E-state index is 0.815. The van der Waals surface area contributed by atoms with E-state index >= 15 is 0 Å². The highest BCUT2D eigenvalue weighted by molar-refractivity contribution is 6.30. The Bertz CT molecular complexity index is 4330. The second-order valence-corrected chi connectivity index (χ2v) is 18.4. The molecule has 0 radical (unpaired) electrons. The molecule has 0 atom stereocenters. The molecule has 0 saturated carbocycles. The van der Waals surface area contributed by atoms with E-state index in [4.69, 9.17) is 8.83 Å². The molecule has 12 aromatic carbocycles. The molecule has 4 heteroatoms. The first-order chi connectivity index (χ1) is 35.7. The second-order valence-electron chi connectivity index (χ2n) is 18.4. The van der Waals surface area contributed by atoms with Gasteiger partial charge < -0.3 is 18.6 Å². The van der Waals surface area contributed by atoms with E-state index in [1.165, 1.54) is 16.5 Å². The molecule has 0 amide bonds. The molecule has 338 valence electrons. The Labute approximate surface area is 416 Å². The molecule has 0 spiro atoms. The number of furan rings is 2. The maximum absolute atomic E-state index is 7.14. The van der Waals surface area contributed by atoms with Gasteiger partial charge in [0.2, 0.25) is 0 Å². The van der Waals surface area contributed by atoms with Crippen molar-refractivity contribution in [3.63, 3.8) is 0 Å². The summed E-state index contributed by atoms with van der Waals surface area (Å²) in [6, 6.07) is 95.0. The first kappa shape index (κ1) is 41.3. The fourth-order valence-corrected chi connectivity index (χ4v) is 10.9. The molecule has 0 aliphatic heterocycles. The fraction of sp³-hybridized carbons (Fsp3) is 0. The molecule has 14 aromatic rings. The van der Waals surface area contributed by atoms with E-state index < -0.39 is 0 Å². The topological polar surface area (TPSA) is 32.8 Å². The van der Waals surface area contributed by atoms with E-state index in [0.29, 0.717) is 0 Å². The Morgan fingerprint density at radius 1 is 0.236 bits per heavy atom. The number of nitrogens with zero attached hydrogens (tertiary/aromatic N) is 2. The zero-order valence-corrected chi connectivity index (χ0v) is 39.1. The highest BCUT2D eigenvalue weighted by Gasteiger charge is 2.24. The van der Waals surface area contributed by atoms with Gasteiger partial charge in [-0.25, -0.2) is 0 Å². The van der Waals surface area contributed by atoms with Crippen LogP contribution in [-0.4, -0.2) is 0 Å². The lowest BCUT2D eigenvalue weighted by Crippen LogP contribution is -2.11. The minimum Gasteiger partial charge on any atom is -0.455 e. The summed E-state index contributed by atoms with van der Waals surface area (Å²) < 4.78 is 13.9. The predicted octanol–water partition coefficient (Wildman–Crippen LogP) is 19.7. The van der Waals surface area contributed by atoms with Crippen molar-refractivity contribution in [3.05, 3.63) is 267 Å². The van der Waals surface area contributed by atoms with Gasteiger partial charge in [-0.15, -0.1) is 0 Å². The van der Waals surface area contributed by atoms with Crippen LogP contribution in [0.15, 0.2) is 276 Å². The Morgan fingerprint density at radius 3 is 1.46 bits per heavy atom. The third-order valence-corrected chi connectivity index (χ3v) is 14.2. The number of benzene rings is 12. The van der Waals surface area contributed by atoms with Gasteiger partial charge in [-0.2, -0.15) is 0 Å². The summed E-state index contributed by atoms with van der Waals surface area (Å²) in [7, 11) is 0. The van der Waals surface area contributed by atoms with Gasteiger partial charge in [0.05, 0.1) is 22.7 Å². The molecule has 2 aromatic heterocycles. The maximum Gasteiger partial charge on any atom is 0.159 e. The molecule has 72 heavy (non-hydrogen) atoms. The molecule has 0 aliphatic rings. The summed E-state index contributed by atoms with van der Waals surface area (Å²) in [5.41, 5.74) is 16.5. The number of rotatable bonds is 9. The van der Waals surface area contributed by atoms with Gasteiger partial charge in [0.15, 0.2) is 5.58 Å². The smallest absolute Gasteiger partial charge is 0.159 e. The van der Waals surface area contributed by atoms with Crippen molar-refractivity contribution < 1.29 is 8.83 Å². The molecule has 2 heterocycles. The molecular weight excluding hydrogens is 877 g/mol. The zero-order valence-electron chi connectivity index (χ0n) is 39.1. The minimum absolute atomic E-state index is 0.815. The van der Waals surface area contributed by atoms with Crippen molar-refractivity contribution in [2.75, 3.05) is 9.80 Å². The van der Waals surface area contributed by atoms with Crippen LogP contribution < -0.4 is 9.80 Å². The van der Waals surface area contributed by atoms with Crippen molar-refractivity contribution in [1.82, 2.24) is 0 Å². The van der Waals surface area contributed by atoms with E-state index in [-0.39, 0.29) is 0 Å². The lowest BCUT2D eigenvalue weighted by atomic mass is 9.94. The van der Waals surface area contributed by atoms with E-state index in [1.54, 1.807) is 0 Å². The van der Waals surface area contributed by atoms with Crippen LogP contribution in [0.2, 0.25) is 0 Å². The third kappa shape index (κ3) is 6.84. The second kappa shape index (κ2) is 17.1. The summed E-state index contributed by atoms with van der Waals surface area (Å²) in [5, 5.41) is 8.92. The maximum atomic E-state index is 7.14. The van der Waals surface area contributed by atoms with Gasteiger partial charge in [-0.3, -0.25) is 0 Å². The number of hydrogen-bond donors (Lipinski definition) is 0. The van der Waals surface area contributed by atoms with E-state index in [1.807, 2.05) is 12.1 Å². The van der Waals surface area contributed by atoms with Crippen LogP contribution in [0.3, 0.4) is 0 Å². The Kier molecular flexibility index (Phi) is 9.82. The summed E-state index contributed by atoms with van der Waals surface area (Å²) in [6.07, 6.45) is 0. The number of anilines is 6. The standard InChI is InChI=1S/C68H44N2O2/c1-4-19-46(20-5-1)52-25-12-15-31-61(52)69(49-23-8-3-9-24-49)50-38-35-45(36-39-50)48-37-41-58-60(43-48)54-27-10-11-29-56(54)66-59-42-40-51(44-65(59)72-68(58)66)70(62-32-16-13-26-53(62)47-21-6-2-7-22-47)63-33-18-30-57-55-28-14-17-34-64(55)71-67(57)63/h1-44H. The van der Waals surface area contributed by atoms with Crippen LogP contribution in [0, 0.1) is 0 Å². The lowest BCUT2D eigenvalue weighted by molar-refractivity contribution is 0.668. The van der Waals surface area contributed by atoms with E-state index in [0.717, 1.165) is 116 Å². The molecule has 0 saturated heterocycles. The fourth-order valence-electron chi connectivity index (χ4n) is 10.9. The molecule has 0 fully saturated rings. The SMILES string of the molecule is c1ccc(-c2ccccc2N(c2ccccc2)c2ccc(-c3ccc4c(c3)c3ccccc3c3c5ccc(N(c6ccccc6-c6ccccc6)c6cccc7c6oc6ccccc67)cc5oc43)cc2)cc1. The van der Waals surface area contributed by atoms with Gasteiger partial charge in [0.1, 0.15) is 16.7 Å². The lowest BCUT2D eigenvalue weighted by Gasteiger charge is -2.28. The number of hydrogen-bond acceptors (Lipinski definition) is 4. The Balaban J connectivity index is 0.906. The van der Waals surface area contributed by atoms with Crippen molar-refractivity contribution in [1.29, 1.82) is 0 Å². The number of fused-ring (bicyclic) bond motifs is 11. The number of para-hydroxylation sites is 5.